The number of amides is 1. The molecule has 1 aromatic carbocycles. The number of fused-ring (bicyclic) bond motifs is 2. The Bertz CT molecular complexity index is 920. The lowest BCUT2D eigenvalue weighted by Gasteiger charge is -2.22. The van der Waals surface area contributed by atoms with Crippen molar-refractivity contribution in [2.45, 2.75) is 31.9 Å². The van der Waals surface area contributed by atoms with Crippen molar-refractivity contribution in [2.75, 3.05) is 24.7 Å². The third-order valence-electron chi connectivity index (χ3n) is 4.90. The van der Waals surface area contributed by atoms with Crippen molar-refractivity contribution in [3.05, 3.63) is 36.0 Å². The van der Waals surface area contributed by atoms with Crippen LogP contribution >= 0.6 is 11.3 Å². The Balaban J connectivity index is 1.50. The first-order chi connectivity index (χ1) is 13.3. The molecule has 0 radical (unpaired) electrons. The molecule has 5 rings (SSSR count). The summed E-state index contributed by atoms with van der Waals surface area (Å²) < 4.78 is 14.2. The van der Waals surface area contributed by atoms with E-state index in [1.54, 1.807) is 15.6 Å². The van der Waals surface area contributed by atoms with Crippen LogP contribution in [-0.2, 0) is 11.3 Å². The molecule has 2 aliphatic heterocycles. The summed E-state index contributed by atoms with van der Waals surface area (Å²) in [6.07, 6.45) is 2.92. The second-order valence-electron chi connectivity index (χ2n) is 6.81. The molecule has 0 saturated carbocycles. The van der Waals surface area contributed by atoms with E-state index in [-0.39, 0.29) is 12.0 Å². The van der Waals surface area contributed by atoms with E-state index in [0.29, 0.717) is 29.9 Å². The molecule has 1 saturated heterocycles. The molecule has 0 N–H and O–H groups in total. The van der Waals surface area contributed by atoms with Crippen LogP contribution in [0.1, 0.15) is 29.8 Å². The highest BCUT2D eigenvalue weighted by molar-refractivity contribution is 7.22. The number of aryl methyl sites for hydroxylation is 1. The van der Waals surface area contributed by atoms with E-state index < -0.39 is 0 Å². The number of carbonyl (C=O) groups is 1. The van der Waals surface area contributed by atoms with E-state index in [2.05, 4.69) is 10.1 Å². The van der Waals surface area contributed by atoms with E-state index in [1.807, 2.05) is 24.3 Å². The zero-order valence-corrected chi connectivity index (χ0v) is 15.7. The van der Waals surface area contributed by atoms with Gasteiger partial charge in [-0.2, -0.15) is 5.10 Å². The standard InChI is InChI=1S/C19H20N4O3S/c24-18(15-11-17-23(21-15)8-4-10-26-17)22(12-13-5-3-9-25-13)19-20-14-6-1-2-7-16(14)27-19/h1-2,6-7,11,13H,3-5,8-10,12H2/t13-/m1/s1. The first-order valence-electron chi connectivity index (χ1n) is 9.27. The molecular weight excluding hydrogens is 364 g/mol. The fraction of sp³-hybridized carbons (Fsp3) is 0.421. The van der Waals surface area contributed by atoms with Crippen LogP contribution in [0, 0.1) is 0 Å². The van der Waals surface area contributed by atoms with Gasteiger partial charge in [0, 0.05) is 25.6 Å². The minimum Gasteiger partial charge on any atom is -0.478 e. The molecule has 0 unspecified atom stereocenters. The number of para-hydroxylation sites is 1. The predicted octanol–water partition coefficient (Wildman–Crippen LogP) is 3.10. The Kier molecular flexibility index (Phi) is 4.29. The van der Waals surface area contributed by atoms with Crippen molar-refractivity contribution in [3.63, 3.8) is 0 Å². The fourth-order valence-corrected chi connectivity index (χ4v) is 4.50. The second-order valence-corrected chi connectivity index (χ2v) is 7.82. The van der Waals surface area contributed by atoms with E-state index in [1.165, 1.54) is 11.3 Å². The molecule has 1 atom stereocenters. The molecule has 1 fully saturated rings. The summed E-state index contributed by atoms with van der Waals surface area (Å²) in [5, 5.41) is 5.15. The van der Waals surface area contributed by atoms with Crippen LogP contribution in [0.25, 0.3) is 10.2 Å². The fourth-order valence-electron chi connectivity index (χ4n) is 3.53. The lowest BCUT2D eigenvalue weighted by molar-refractivity contribution is 0.0912. The van der Waals surface area contributed by atoms with Crippen molar-refractivity contribution in [2.24, 2.45) is 0 Å². The highest BCUT2D eigenvalue weighted by Gasteiger charge is 2.29. The first-order valence-corrected chi connectivity index (χ1v) is 10.1. The summed E-state index contributed by atoms with van der Waals surface area (Å²) in [6, 6.07) is 9.66. The summed E-state index contributed by atoms with van der Waals surface area (Å²) in [5.74, 6) is 0.501. The van der Waals surface area contributed by atoms with Gasteiger partial charge in [-0.25, -0.2) is 9.67 Å². The van der Waals surface area contributed by atoms with Gasteiger partial charge in [0.05, 0.1) is 29.5 Å². The molecule has 0 bridgehead atoms. The van der Waals surface area contributed by atoms with Gasteiger partial charge in [-0.3, -0.25) is 9.69 Å². The maximum Gasteiger partial charge on any atom is 0.280 e. The highest BCUT2D eigenvalue weighted by atomic mass is 32.1. The maximum atomic E-state index is 13.3. The summed E-state index contributed by atoms with van der Waals surface area (Å²) >= 11 is 1.52. The zero-order chi connectivity index (χ0) is 18.2. The van der Waals surface area contributed by atoms with Crippen LogP contribution in [0.5, 0.6) is 5.88 Å². The molecule has 2 aromatic heterocycles. The summed E-state index contributed by atoms with van der Waals surface area (Å²) in [5.41, 5.74) is 1.29. The largest absolute Gasteiger partial charge is 0.478 e. The van der Waals surface area contributed by atoms with Crippen LogP contribution in [0.3, 0.4) is 0 Å². The second kappa shape index (κ2) is 6.94. The smallest absolute Gasteiger partial charge is 0.280 e. The van der Waals surface area contributed by atoms with Crippen LogP contribution in [-0.4, -0.2) is 46.5 Å². The molecule has 0 spiro atoms. The van der Waals surface area contributed by atoms with Crippen LogP contribution < -0.4 is 9.64 Å². The summed E-state index contributed by atoms with van der Waals surface area (Å²) in [7, 11) is 0. The molecular formula is C19H20N4O3S. The number of rotatable bonds is 4. The number of anilines is 1. The molecule has 7 nitrogen and oxygen atoms in total. The van der Waals surface area contributed by atoms with Crippen LogP contribution in [0.15, 0.2) is 30.3 Å². The van der Waals surface area contributed by atoms with E-state index in [9.17, 15) is 4.79 Å². The van der Waals surface area contributed by atoms with Gasteiger partial charge in [0.15, 0.2) is 10.8 Å². The van der Waals surface area contributed by atoms with Gasteiger partial charge in [-0.1, -0.05) is 23.5 Å². The van der Waals surface area contributed by atoms with E-state index in [0.717, 1.165) is 42.6 Å². The number of nitrogens with zero attached hydrogens (tertiary/aromatic N) is 4. The van der Waals surface area contributed by atoms with Gasteiger partial charge in [-0.05, 0) is 25.0 Å². The lowest BCUT2D eigenvalue weighted by Crippen LogP contribution is -2.37. The van der Waals surface area contributed by atoms with E-state index in [4.69, 9.17) is 9.47 Å². The average Bonchev–Trinajstić information content (AvgIpc) is 3.44. The van der Waals surface area contributed by atoms with Gasteiger partial charge in [-0.15, -0.1) is 0 Å². The Labute approximate surface area is 160 Å². The molecule has 0 aliphatic carbocycles. The lowest BCUT2D eigenvalue weighted by atomic mass is 10.2. The monoisotopic (exact) mass is 384 g/mol. The third-order valence-corrected chi connectivity index (χ3v) is 5.95. The number of carbonyl (C=O) groups excluding carboxylic acids is 1. The normalized spacial score (nSPS) is 19.0. The zero-order valence-electron chi connectivity index (χ0n) is 14.8. The maximum absolute atomic E-state index is 13.3. The Morgan fingerprint density at radius 1 is 1.30 bits per heavy atom. The van der Waals surface area contributed by atoms with Gasteiger partial charge in [0.1, 0.15) is 0 Å². The molecule has 3 aromatic rings. The SMILES string of the molecule is O=C(c1cc2n(n1)CCCO2)N(C[C@H]1CCCO1)c1nc2ccccc2s1. The molecule has 8 heteroatoms. The van der Waals surface area contributed by atoms with Crippen molar-refractivity contribution in [1.82, 2.24) is 14.8 Å². The Morgan fingerprint density at radius 3 is 3.04 bits per heavy atom. The molecule has 4 heterocycles. The van der Waals surface area contributed by atoms with Crippen molar-refractivity contribution in [1.29, 1.82) is 0 Å². The van der Waals surface area contributed by atoms with Crippen molar-refractivity contribution >= 4 is 32.6 Å². The Hall–Kier alpha value is -2.45. The Morgan fingerprint density at radius 2 is 2.22 bits per heavy atom. The number of ether oxygens (including phenoxy) is 2. The number of benzene rings is 1. The number of thiazole rings is 1. The molecule has 1 amide bonds. The van der Waals surface area contributed by atoms with Gasteiger partial charge >= 0.3 is 0 Å². The summed E-state index contributed by atoms with van der Waals surface area (Å²) in [4.78, 5) is 19.7. The minimum absolute atomic E-state index is 0.0365. The first kappa shape index (κ1) is 16.7. The highest BCUT2D eigenvalue weighted by Crippen LogP contribution is 2.31. The number of aromatic nitrogens is 3. The molecule has 27 heavy (non-hydrogen) atoms. The van der Waals surface area contributed by atoms with Crippen molar-refractivity contribution < 1.29 is 14.3 Å². The minimum atomic E-state index is -0.157. The topological polar surface area (TPSA) is 69.5 Å². The third kappa shape index (κ3) is 3.19. The van der Waals surface area contributed by atoms with Gasteiger partial charge in [0.25, 0.3) is 5.91 Å². The number of hydrogen-bond donors (Lipinski definition) is 0. The van der Waals surface area contributed by atoms with Gasteiger partial charge in [0.2, 0.25) is 5.88 Å². The van der Waals surface area contributed by atoms with Crippen LogP contribution in [0.2, 0.25) is 0 Å². The summed E-state index contributed by atoms with van der Waals surface area (Å²) in [6.45, 7) is 2.67. The van der Waals surface area contributed by atoms with E-state index >= 15 is 0 Å². The quantitative estimate of drug-likeness (QED) is 0.691. The molecule has 140 valence electrons. The van der Waals surface area contributed by atoms with Crippen LogP contribution in [0.4, 0.5) is 5.13 Å². The van der Waals surface area contributed by atoms with Crippen molar-refractivity contribution in [3.8, 4) is 5.88 Å². The number of hydrogen-bond acceptors (Lipinski definition) is 6. The molecule has 2 aliphatic rings. The van der Waals surface area contributed by atoms with Gasteiger partial charge < -0.3 is 9.47 Å². The predicted molar refractivity (Wildman–Crippen MR) is 103 cm³/mol. The average molecular weight is 384 g/mol.